The van der Waals surface area contributed by atoms with E-state index in [1.807, 2.05) is 4.90 Å². The Morgan fingerprint density at radius 2 is 2.15 bits per heavy atom. The van der Waals surface area contributed by atoms with Crippen molar-refractivity contribution in [2.24, 2.45) is 11.8 Å². The molecule has 1 aliphatic heterocycles. The minimum Gasteiger partial charge on any atom is -0.341 e. The summed E-state index contributed by atoms with van der Waals surface area (Å²) in [5.74, 6) is 1.41. The first-order valence-corrected chi connectivity index (χ1v) is 8.46. The first-order valence-electron chi connectivity index (χ1n) is 6.59. The van der Waals surface area contributed by atoms with Crippen LogP contribution in [0.5, 0.6) is 0 Å². The van der Waals surface area contributed by atoms with Gasteiger partial charge in [0.1, 0.15) is 0 Å². The standard InChI is InChI=1S/C13H18N2O3S2/c1-9-5-10(2)7-14(6-9)12(16)8-20-11-3-4-19-13(11)15(17)18/h3-4,9-10H,5-8H2,1-2H3/t9-,10-/m1/s1. The molecule has 1 amide bonds. The monoisotopic (exact) mass is 314 g/mol. The highest BCUT2D eigenvalue weighted by atomic mass is 32.2. The van der Waals surface area contributed by atoms with E-state index in [1.54, 1.807) is 11.4 Å². The molecule has 1 aromatic rings. The van der Waals surface area contributed by atoms with Crippen LogP contribution in [0, 0.1) is 22.0 Å². The van der Waals surface area contributed by atoms with Gasteiger partial charge in [0, 0.05) is 13.1 Å². The van der Waals surface area contributed by atoms with Crippen LogP contribution in [0.25, 0.3) is 0 Å². The van der Waals surface area contributed by atoms with Gasteiger partial charge < -0.3 is 4.90 Å². The number of rotatable bonds is 4. The van der Waals surface area contributed by atoms with E-state index < -0.39 is 0 Å². The Hall–Kier alpha value is -1.08. The number of carbonyl (C=O) groups excluding carboxylic acids is 1. The van der Waals surface area contributed by atoms with Gasteiger partial charge in [-0.3, -0.25) is 14.9 Å². The van der Waals surface area contributed by atoms with Crippen molar-refractivity contribution in [3.63, 3.8) is 0 Å². The minimum atomic E-state index is -0.386. The van der Waals surface area contributed by atoms with Gasteiger partial charge in [-0.2, -0.15) is 0 Å². The van der Waals surface area contributed by atoms with Crippen LogP contribution in [0.3, 0.4) is 0 Å². The van der Waals surface area contributed by atoms with E-state index in [-0.39, 0.29) is 21.6 Å². The zero-order chi connectivity index (χ0) is 14.7. The number of hydrogen-bond donors (Lipinski definition) is 0. The molecule has 20 heavy (non-hydrogen) atoms. The van der Waals surface area contributed by atoms with Gasteiger partial charge in [-0.05, 0) is 29.7 Å². The van der Waals surface area contributed by atoms with Crippen molar-refractivity contribution in [2.75, 3.05) is 18.8 Å². The van der Waals surface area contributed by atoms with Gasteiger partial charge in [-0.15, -0.1) is 11.8 Å². The Morgan fingerprint density at radius 3 is 2.75 bits per heavy atom. The maximum Gasteiger partial charge on any atom is 0.337 e. The third-order valence-electron chi connectivity index (χ3n) is 3.35. The number of hydrogen-bond acceptors (Lipinski definition) is 5. The van der Waals surface area contributed by atoms with Crippen molar-refractivity contribution in [3.05, 3.63) is 21.6 Å². The average molecular weight is 314 g/mol. The second kappa shape index (κ2) is 6.58. The number of piperidine rings is 1. The molecule has 0 N–H and O–H groups in total. The van der Waals surface area contributed by atoms with Crippen molar-refractivity contribution >= 4 is 34.0 Å². The molecular formula is C13H18N2O3S2. The van der Waals surface area contributed by atoms with Crippen LogP contribution in [0.4, 0.5) is 5.00 Å². The van der Waals surface area contributed by atoms with Crippen LogP contribution >= 0.6 is 23.1 Å². The van der Waals surface area contributed by atoms with Crippen molar-refractivity contribution in [3.8, 4) is 0 Å². The van der Waals surface area contributed by atoms with Gasteiger partial charge in [0.25, 0.3) is 0 Å². The fraction of sp³-hybridized carbons (Fsp3) is 0.615. The molecule has 0 saturated carbocycles. The summed E-state index contributed by atoms with van der Waals surface area (Å²) in [6.07, 6.45) is 1.16. The lowest BCUT2D eigenvalue weighted by Gasteiger charge is -2.34. The van der Waals surface area contributed by atoms with Crippen molar-refractivity contribution < 1.29 is 9.72 Å². The van der Waals surface area contributed by atoms with Crippen molar-refractivity contribution in [1.82, 2.24) is 4.90 Å². The number of thioether (sulfide) groups is 1. The average Bonchev–Trinajstić information content (AvgIpc) is 2.83. The Labute approximate surface area is 126 Å². The second-order valence-electron chi connectivity index (χ2n) is 5.38. The van der Waals surface area contributed by atoms with Crippen LogP contribution in [0.2, 0.25) is 0 Å². The third-order valence-corrected chi connectivity index (χ3v) is 5.37. The summed E-state index contributed by atoms with van der Waals surface area (Å²) in [6.45, 7) is 5.92. The molecule has 110 valence electrons. The van der Waals surface area contributed by atoms with E-state index in [4.69, 9.17) is 0 Å². The summed E-state index contributed by atoms with van der Waals surface area (Å²) < 4.78 is 0. The van der Waals surface area contributed by atoms with Gasteiger partial charge in [-0.25, -0.2) is 0 Å². The summed E-state index contributed by atoms with van der Waals surface area (Å²) in [7, 11) is 0. The van der Waals surface area contributed by atoms with Crippen LogP contribution in [-0.4, -0.2) is 34.6 Å². The lowest BCUT2D eigenvalue weighted by atomic mass is 9.92. The first kappa shape index (κ1) is 15.3. The fourth-order valence-electron chi connectivity index (χ4n) is 2.63. The number of nitro groups is 1. The van der Waals surface area contributed by atoms with E-state index in [2.05, 4.69) is 13.8 Å². The molecule has 0 spiro atoms. The quantitative estimate of drug-likeness (QED) is 0.486. The largest absolute Gasteiger partial charge is 0.341 e. The smallest absolute Gasteiger partial charge is 0.337 e. The zero-order valence-corrected chi connectivity index (χ0v) is 13.2. The normalized spacial score (nSPS) is 22.8. The maximum atomic E-state index is 12.2. The molecule has 0 aliphatic carbocycles. The van der Waals surface area contributed by atoms with Crippen LogP contribution in [0.15, 0.2) is 16.3 Å². The molecular weight excluding hydrogens is 296 g/mol. The number of amides is 1. The van der Waals surface area contributed by atoms with E-state index in [0.29, 0.717) is 16.7 Å². The van der Waals surface area contributed by atoms with Gasteiger partial charge >= 0.3 is 5.00 Å². The van der Waals surface area contributed by atoms with Crippen molar-refractivity contribution in [1.29, 1.82) is 0 Å². The zero-order valence-electron chi connectivity index (χ0n) is 11.6. The molecule has 1 saturated heterocycles. The van der Waals surface area contributed by atoms with Crippen molar-refractivity contribution in [2.45, 2.75) is 25.2 Å². The maximum absolute atomic E-state index is 12.2. The van der Waals surface area contributed by atoms with E-state index in [1.165, 1.54) is 11.8 Å². The molecule has 2 atom stereocenters. The molecule has 1 aromatic heterocycles. The Balaban J connectivity index is 1.91. The van der Waals surface area contributed by atoms with Gasteiger partial charge in [0.15, 0.2) is 0 Å². The van der Waals surface area contributed by atoms with Gasteiger partial charge in [0.2, 0.25) is 5.91 Å². The van der Waals surface area contributed by atoms with E-state index in [0.717, 1.165) is 30.8 Å². The lowest BCUT2D eigenvalue weighted by molar-refractivity contribution is -0.382. The highest BCUT2D eigenvalue weighted by Gasteiger charge is 2.26. The molecule has 1 fully saturated rings. The predicted molar refractivity (Wildman–Crippen MR) is 81.2 cm³/mol. The molecule has 0 aromatic carbocycles. The first-order chi connectivity index (χ1) is 9.47. The summed E-state index contributed by atoms with van der Waals surface area (Å²) in [5.41, 5.74) is 0. The van der Waals surface area contributed by atoms with Gasteiger partial charge in [0.05, 0.1) is 15.6 Å². The Bertz CT molecular complexity index is 494. The molecule has 5 nitrogen and oxygen atoms in total. The summed E-state index contributed by atoms with van der Waals surface area (Å²) in [4.78, 5) is 25.1. The number of carbonyl (C=O) groups is 1. The van der Waals surface area contributed by atoms with Crippen LogP contribution < -0.4 is 0 Å². The summed E-state index contributed by atoms with van der Waals surface area (Å²) >= 11 is 2.36. The predicted octanol–water partition coefficient (Wildman–Crippen LogP) is 3.25. The lowest BCUT2D eigenvalue weighted by Crippen LogP contribution is -2.43. The second-order valence-corrected chi connectivity index (χ2v) is 7.29. The van der Waals surface area contributed by atoms with E-state index in [9.17, 15) is 14.9 Å². The van der Waals surface area contributed by atoms with Crippen LogP contribution in [-0.2, 0) is 4.79 Å². The number of thiophene rings is 1. The molecule has 0 unspecified atom stereocenters. The van der Waals surface area contributed by atoms with E-state index >= 15 is 0 Å². The Morgan fingerprint density at radius 1 is 1.50 bits per heavy atom. The molecule has 2 rings (SSSR count). The number of nitrogens with zero attached hydrogens (tertiary/aromatic N) is 2. The highest BCUT2D eigenvalue weighted by molar-refractivity contribution is 8.00. The minimum absolute atomic E-state index is 0.0777. The fourth-order valence-corrected chi connectivity index (χ4v) is 4.46. The number of likely N-dealkylation sites (tertiary alicyclic amines) is 1. The SMILES string of the molecule is C[C@@H]1C[C@@H](C)CN(C(=O)CSc2ccsc2[N+](=O)[O-])C1. The van der Waals surface area contributed by atoms with Gasteiger partial charge in [-0.1, -0.05) is 25.2 Å². The topological polar surface area (TPSA) is 63.5 Å². The molecule has 0 radical (unpaired) electrons. The molecule has 7 heteroatoms. The summed E-state index contributed by atoms with van der Waals surface area (Å²) in [6, 6.07) is 1.71. The molecule has 0 bridgehead atoms. The third kappa shape index (κ3) is 3.73. The van der Waals surface area contributed by atoms with Crippen LogP contribution in [0.1, 0.15) is 20.3 Å². The highest BCUT2D eigenvalue weighted by Crippen LogP contribution is 2.34. The Kier molecular flexibility index (Phi) is 5.04. The molecule has 2 heterocycles. The molecule has 1 aliphatic rings. The summed E-state index contributed by atoms with van der Waals surface area (Å²) in [5, 5.41) is 12.6.